The van der Waals surface area contributed by atoms with Gasteiger partial charge in [0.2, 0.25) is 5.91 Å². The minimum Gasteiger partial charge on any atom is -0.489 e. The van der Waals surface area contributed by atoms with E-state index in [-0.39, 0.29) is 18.3 Å². The lowest BCUT2D eigenvalue weighted by molar-refractivity contribution is -0.116. The number of carbonyl (C=O) groups excluding carboxylic acids is 1. The summed E-state index contributed by atoms with van der Waals surface area (Å²) in [6, 6.07) is 15.1. The highest BCUT2D eigenvalue weighted by Crippen LogP contribution is 2.20. The maximum absolute atomic E-state index is 12.1. The number of nitrogens with one attached hydrogen (secondary N) is 2. The minimum absolute atomic E-state index is 0. The maximum Gasteiger partial charge on any atom is 0.224 e. The van der Waals surface area contributed by atoms with E-state index in [1.807, 2.05) is 48.5 Å². The number of halogens is 2. The van der Waals surface area contributed by atoms with Gasteiger partial charge in [0, 0.05) is 23.2 Å². The third-order valence-corrected chi connectivity index (χ3v) is 4.63. The smallest absolute Gasteiger partial charge is 0.224 e. The molecule has 0 radical (unpaired) electrons. The van der Waals surface area contributed by atoms with Crippen LogP contribution in [-0.4, -0.2) is 19.0 Å². The van der Waals surface area contributed by atoms with E-state index in [2.05, 4.69) is 10.6 Å². The summed E-state index contributed by atoms with van der Waals surface area (Å²) in [5, 5.41) is 6.99. The molecule has 1 amide bonds. The fraction of sp³-hybridized carbons (Fsp3) is 0.350. The molecule has 1 aliphatic rings. The molecule has 2 aromatic carbocycles. The summed E-state index contributed by atoms with van der Waals surface area (Å²) >= 11 is 5.88. The molecule has 1 unspecified atom stereocenters. The third-order valence-electron chi connectivity index (χ3n) is 4.38. The molecule has 1 saturated heterocycles. The van der Waals surface area contributed by atoms with Crippen LogP contribution in [-0.2, 0) is 11.4 Å². The van der Waals surface area contributed by atoms with Crippen molar-refractivity contribution in [3.05, 3.63) is 59.1 Å². The van der Waals surface area contributed by atoms with Gasteiger partial charge in [-0.2, -0.15) is 0 Å². The highest BCUT2D eigenvalue weighted by molar-refractivity contribution is 6.30. The van der Waals surface area contributed by atoms with Crippen LogP contribution < -0.4 is 15.4 Å². The van der Waals surface area contributed by atoms with Crippen LogP contribution in [0.2, 0.25) is 5.02 Å². The van der Waals surface area contributed by atoms with E-state index in [4.69, 9.17) is 16.3 Å². The molecule has 1 heterocycles. The second kappa shape index (κ2) is 10.4. The Labute approximate surface area is 165 Å². The normalized spacial score (nSPS) is 16.0. The molecule has 0 spiro atoms. The van der Waals surface area contributed by atoms with E-state index in [0.717, 1.165) is 36.5 Å². The van der Waals surface area contributed by atoms with Crippen LogP contribution in [0, 0.1) is 5.92 Å². The zero-order valence-corrected chi connectivity index (χ0v) is 16.1. The van der Waals surface area contributed by atoms with Gasteiger partial charge in [0.05, 0.1) is 0 Å². The van der Waals surface area contributed by atoms with Gasteiger partial charge >= 0.3 is 0 Å². The molecule has 1 fully saturated rings. The molecular formula is C20H24Cl2N2O2. The van der Waals surface area contributed by atoms with Crippen LogP contribution in [0.25, 0.3) is 0 Å². The molecular weight excluding hydrogens is 371 g/mol. The van der Waals surface area contributed by atoms with Crippen molar-refractivity contribution in [3.8, 4) is 5.75 Å². The lowest BCUT2D eigenvalue weighted by atomic mass is 10.0. The molecule has 2 N–H and O–H groups in total. The first-order valence-corrected chi connectivity index (χ1v) is 9.05. The average Bonchev–Trinajstić information content (AvgIpc) is 3.13. The number of amides is 1. The van der Waals surface area contributed by atoms with Crippen molar-refractivity contribution in [3.63, 3.8) is 0 Å². The summed E-state index contributed by atoms with van der Waals surface area (Å²) in [5.41, 5.74) is 1.81. The molecule has 0 saturated carbocycles. The van der Waals surface area contributed by atoms with E-state index < -0.39 is 0 Å². The van der Waals surface area contributed by atoms with E-state index in [1.54, 1.807) is 0 Å². The zero-order chi connectivity index (χ0) is 17.5. The van der Waals surface area contributed by atoms with Crippen molar-refractivity contribution in [1.82, 2.24) is 5.32 Å². The van der Waals surface area contributed by atoms with E-state index >= 15 is 0 Å². The van der Waals surface area contributed by atoms with E-state index in [1.165, 1.54) is 6.42 Å². The first-order valence-electron chi connectivity index (χ1n) is 8.67. The molecule has 140 valence electrons. The highest BCUT2D eigenvalue weighted by atomic mass is 35.5. The monoisotopic (exact) mass is 394 g/mol. The Hall–Kier alpha value is -1.75. The van der Waals surface area contributed by atoms with Crippen LogP contribution >= 0.6 is 24.0 Å². The molecule has 1 atom stereocenters. The van der Waals surface area contributed by atoms with E-state index in [0.29, 0.717) is 24.0 Å². The van der Waals surface area contributed by atoms with Gasteiger partial charge in [0.1, 0.15) is 12.4 Å². The van der Waals surface area contributed by atoms with Crippen molar-refractivity contribution in [2.45, 2.75) is 25.9 Å². The largest absolute Gasteiger partial charge is 0.489 e. The molecule has 26 heavy (non-hydrogen) atoms. The van der Waals surface area contributed by atoms with Gasteiger partial charge in [0.25, 0.3) is 0 Å². The number of rotatable bonds is 7. The fourth-order valence-electron chi connectivity index (χ4n) is 2.93. The molecule has 3 rings (SSSR count). The molecule has 2 aromatic rings. The van der Waals surface area contributed by atoms with Crippen LogP contribution in [0.1, 0.15) is 24.8 Å². The maximum atomic E-state index is 12.1. The van der Waals surface area contributed by atoms with Crippen molar-refractivity contribution < 1.29 is 9.53 Å². The Morgan fingerprint density at radius 1 is 1.23 bits per heavy atom. The molecule has 0 aliphatic carbocycles. The number of carbonyl (C=O) groups is 1. The van der Waals surface area contributed by atoms with Gasteiger partial charge < -0.3 is 15.4 Å². The molecule has 0 bridgehead atoms. The van der Waals surface area contributed by atoms with Crippen LogP contribution in [0.15, 0.2) is 48.5 Å². The molecule has 6 heteroatoms. The summed E-state index contributed by atoms with van der Waals surface area (Å²) in [4.78, 5) is 12.1. The van der Waals surface area contributed by atoms with Crippen LogP contribution in [0.3, 0.4) is 0 Å². The van der Waals surface area contributed by atoms with Gasteiger partial charge in [0.15, 0.2) is 0 Å². The van der Waals surface area contributed by atoms with Crippen molar-refractivity contribution >= 4 is 35.6 Å². The summed E-state index contributed by atoms with van der Waals surface area (Å²) < 4.78 is 5.79. The summed E-state index contributed by atoms with van der Waals surface area (Å²) in [7, 11) is 0. The quantitative estimate of drug-likeness (QED) is 0.717. The molecule has 0 aromatic heterocycles. The summed E-state index contributed by atoms with van der Waals surface area (Å²) in [6.07, 6.45) is 2.66. The lowest BCUT2D eigenvalue weighted by Gasteiger charge is -2.11. The topological polar surface area (TPSA) is 50.4 Å². The first-order chi connectivity index (χ1) is 12.2. The second-order valence-corrected chi connectivity index (χ2v) is 6.83. The number of hydrogen-bond acceptors (Lipinski definition) is 3. The average molecular weight is 395 g/mol. The summed E-state index contributed by atoms with van der Waals surface area (Å²) in [5.74, 6) is 1.41. The number of hydrogen-bond donors (Lipinski definition) is 2. The Morgan fingerprint density at radius 3 is 2.77 bits per heavy atom. The second-order valence-electron chi connectivity index (χ2n) is 6.39. The Morgan fingerprint density at radius 2 is 2.04 bits per heavy atom. The predicted octanol–water partition coefficient (Wildman–Crippen LogP) is 4.67. The van der Waals surface area contributed by atoms with Crippen molar-refractivity contribution in [2.24, 2.45) is 5.92 Å². The third kappa shape index (κ3) is 6.52. The molecule has 4 nitrogen and oxygen atoms in total. The minimum atomic E-state index is 0. The fourth-order valence-corrected chi connectivity index (χ4v) is 3.06. The van der Waals surface area contributed by atoms with Crippen molar-refractivity contribution in [2.75, 3.05) is 18.4 Å². The highest BCUT2D eigenvalue weighted by Gasteiger charge is 2.15. The van der Waals surface area contributed by atoms with Gasteiger partial charge in [-0.05, 0) is 61.7 Å². The Balaban J connectivity index is 0.00000243. The van der Waals surface area contributed by atoms with Gasteiger partial charge in [-0.3, -0.25) is 4.79 Å². The van der Waals surface area contributed by atoms with Crippen LogP contribution in [0.5, 0.6) is 5.75 Å². The lowest BCUT2D eigenvalue weighted by Crippen LogP contribution is -2.15. The molecule has 1 aliphatic heterocycles. The Bertz CT molecular complexity index is 701. The number of anilines is 1. The Kier molecular flexibility index (Phi) is 8.23. The summed E-state index contributed by atoms with van der Waals surface area (Å²) in [6.45, 7) is 2.56. The van der Waals surface area contributed by atoms with E-state index in [9.17, 15) is 4.79 Å². The van der Waals surface area contributed by atoms with Gasteiger partial charge in [-0.1, -0.05) is 29.8 Å². The van der Waals surface area contributed by atoms with Gasteiger partial charge in [-0.25, -0.2) is 0 Å². The standard InChI is InChI=1S/C20H23ClN2O2.ClH/c21-17-7-4-16(5-8-17)14-25-19-3-1-2-18(12-19)23-20(24)9-6-15-10-11-22-13-15;/h1-5,7-8,12,15,22H,6,9-11,13-14H2,(H,23,24);1H. The predicted molar refractivity (Wildman–Crippen MR) is 108 cm³/mol. The SMILES string of the molecule is Cl.O=C(CCC1CCNC1)Nc1cccc(OCc2ccc(Cl)cc2)c1. The van der Waals surface area contributed by atoms with Gasteiger partial charge in [-0.15, -0.1) is 12.4 Å². The first kappa shape index (κ1) is 20.6. The number of benzene rings is 2. The zero-order valence-electron chi connectivity index (χ0n) is 14.5. The van der Waals surface area contributed by atoms with Crippen molar-refractivity contribution in [1.29, 1.82) is 0 Å². The van der Waals surface area contributed by atoms with Crippen LogP contribution in [0.4, 0.5) is 5.69 Å². The number of ether oxygens (including phenoxy) is 1.